The van der Waals surface area contributed by atoms with Crippen LogP contribution in [0.5, 0.6) is 0 Å². The SMILES string of the molecule is CC(N)(Cc1cc(F)cc(F)c1)c1cccc(Br)c1. The third kappa shape index (κ3) is 3.61. The van der Waals surface area contributed by atoms with Gasteiger partial charge in [0, 0.05) is 16.1 Å². The van der Waals surface area contributed by atoms with Crippen LogP contribution in [-0.4, -0.2) is 0 Å². The summed E-state index contributed by atoms with van der Waals surface area (Å²) in [6.45, 7) is 1.84. The molecule has 0 aliphatic carbocycles. The quantitative estimate of drug-likeness (QED) is 0.901. The Hall–Kier alpha value is -1.26. The molecule has 4 heteroatoms. The van der Waals surface area contributed by atoms with Gasteiger partial charge in [0.25, 0.3) is 0 Å². The molecule has 0 aliphatic heterocycles. The van der Waals surface area contributed by atoms with Gasteiger partial charge in [-0.05, 0) is 48.7 Å². The molecule has 2 N–H and O–H groups in total. The first-order valence-corrected chi connectivity index (χ1v) is 6.66. The zero-order valence-electron chi connectivity index (χ0n) is 10.5. The van der Waals surface area contributed by atoms with Crippen molar-refractivity contribution in [2.45, 2.75) is 18.9 Å². The lowest BCUT2D eigenvalue weighted by molar-refractivity contribution is 0.486. The van der Waals surface area contributed by atoms with Gasteiger partial charge in [-0.2, -0.15) is 0 Å². The number of hydrogen-bond donors (Lipinski definition) is 1. The van der Waals surface area contributed by atoms with E-state index in [9.17, 15) is 8.78 Å². The van der Waals surface area contributed by atoms with Gasteiger partial charge in [-0.25, -0.2) is 8.78 Å². The molecule has 0 spiro atoms. The highest BCUT2D eigenvalue weighted by molar-refractivity contribution is 9.10. The molecule has 19 heavy (non-hydrogen) atoms. The van der Waals surface area contributed by atoms with Gasteiger partial charge >= 0.3 is 0 Å². The van der Waals surface area contributed by atoms with E-state index in [1.54, 1.807) is 0 Å². The highest BCUT2D eigenvalue weighted by atomic mass is 79.9. The van der Waals surface area contributed by atoms with Crippen molar-refractivity contribution in [2.24, 2.45) is 5.73 Å². The van der Waals surface area contributed by atoms with Crippen LogP contribution >= 0.6 is 15.9 Å². The molecule has 1 nitrogen and oxygen atoms in total. The van der Waals surface area contributed by atoms with E-state index in [4.69, 9.17) is 5.73 Å². The smallest absolute Gasteiger partial charge is 0.126 e. The molecule has 0 radical (unpaired) electrons. The van der Waals surface area contributed by atoms with E-state index < -0.39 is 17.2 Å². The molecule has 0 aromatic heterocycles. The number of hydrogen-bond acceptors (Lipinski definition) is 1. The van der Waals surface area contributed by atoms with Crippen LogP contribution in [0.3, 0.4) is 0 Å². The summed E-state index contributed by atoms with van der Waals surface area (Å²) in [5.41, 5.74) is 7.04. The Labute approximate surface area is 119 Å². The Kier molecular flexibility index (Phi) is 4.02. The molecule has 1 atom stereocenters. The number of rotatable bonds is 3. The first-order valence-electron chi connectivity index (χ1n) is 5.87. The maximum Gasteiger partial charge on any atom is 0.126 e. The normalized spacial score (nSPS) is 14.2. The minimum Gasteiger partial charge on any atom is -0.321 e. The largest absolute Gasteiger partial charge is 0.321 e. The molecule has 0 aliphatic rings. The highest BCUT2D eigenvalue weighted by Crippen LogP contribution is 2.25. The van der Waals surface area contributed by atoms with Crippen molar-refractivity contribution in [1.82, 2.24) is 0 Å². The lowest BCUT2D eigenvalue weighted by atomic mass is 9.86. The van der Waals surface area contributed by atoms with Crippen LogP contribution in [0.4, 0.5) is 8.78 Å². The fraction of sp³-hybridized carbons (Fsp3) is 0.200. The van der Waals surface area contributed by atoms with Crippen molar-refractivity contribution in [3.8, 4) is 0 Å². The van der Waals surface area contributed by atoms with Gasteiger partial charge in [0.05, 0.1) is 0 Å². The fourth-order valence-electron chi connectivity index (χ4n) is 2.08. The van der Waals surface area contributed by atoms with Gasteiger partial charge in [-0.1, -0.05) is 28.1 Å². The number of halogens is 3. The average molecular weight is 326 g/mol. The maximum absolute atomic E-state index is 13.2. The predicted molar refractivity (Wildman–Crippen MR) is 75.7 cm³/mol. The van der Waals surface area contributed by atoms with E-state index in [-0.39, 0.29) is 0 Å². The van der Waals surface area contributed by atoms with Gasteiger partial charge in [-0.15, -0.1) is 0 Å². The summed E-state index contributed by atoms with van der Waals surface area (Å²) in [7, 11) is 0. The molecular formula is C15H14BrF2N. The zero-order chi connectivity index (χ0) is 14.0. The molecule has 0 fully saturated rings. The van der Waals surface area contributed by atoms with Gasteiger partial charge in [0.15, 0.2) is 0 Å². The first-order chi connectivity index (χ1) is 8.87. The summed E-state index contributed by atoms with van der Waals surface area (Å²) >= 11 is 3.39. The molecular weight excluding hydrogens is 312 g/mol. The second-order valence-corrected chi connectivity index (χ2v) is 5.80. The Bertz CT molecular complexity index is 576. The number of benzene rings is 2. The minimum absolute atomic E-state index is 0.359. The molecule has 2 rings (SSSR count). The van der Waals surface area contributed by atoms with E-state index in [0.29, 0.717) is 12.0 Å². The van der Waals surface area contributed by atoms with Crippen molar-refractivity contribution in [1.29, 1.82) is 0 Å². The third-order valence-corrected chi connectivity index (χ3v) is 3.47. The highest BCUT2D eigenvalue weighted by Gasteiger charge is 2.22. The van der Waals surface area contributed by atoms with Crippen molar-refractivity contribution in [3.63, 3.8) is 0 Å². The molecule has 0 bridgehead atoms. The van der Waals surface area contributed by atoms with Crippen LogP contribution in [0, 0.1) is 11.6 Å². The second kappa shape index (κ2) is 5.39. The standard InChI is InChI=1S/C15H14BrF2N/c1-15(19,11-3-2-4-12(16)7-11)9-10-5-13(17)8-14(18)6-10/h2-8H,9,19H2,1H3. The lowest BCUT2D eigenvalue weighted by Crippen LogP contribution is -2.35. The molecule has 0 saturated carbocycles. The summed E-state index contributed by atoms with van der Waals surface area (Å²) < 4.78 is 27.3. The minimum atomic E-state index is -0.690. The Morgan fingerprint density at radius 1 is 1.11 bits per heavy atom. The van der Waals surface area contributed by atoms with E-state index in [1.807, 2.05) is 31.2 Å². The van der Waals surface area contributed by atoms with Crippen molar-refractivity contribution >= 4 is 15.9 Å². The fourth-order valence-corrected chi connectivity index (χ4v) is 2.48. The first kappa shape index (κ1) is 14.2. The molecule has 0 amide bonds. The Morgan fingerprint density at radius 2 is 1.74 bits per heavy atom. The van der Waals surface area contributed by atoms with Crippen LogP contribution < -0.4 is 5.73 Å². The summed E-state index contributed by atoms with van der Waals surface area (Å²) in [4.78, 5) is 0. The van der Waals surface area contributed by atoms with Crippen LogP contribution in [0.25, 0.3) is 0 Å². The molecule has 100 valence electrons. The third-order valence-electron chi connectivity index (χ3n) is 2.98. The van der Waals surface area contributed by atoms with Crippen LogP contribution in [0.1, 0.15) is 18.1 Å². The van der Waals surface area contributed by atoms with Crippen molar-refractivity contribution < 1.29 is 8.78 Å². The predicted octanol–water partition coefficient (Wildman–Crippen LogP) is 4.14. The molecule has 2 aromatic rings. The van der Waals surface area contributed by atoms with E-state index in [2.05, 4.69) is 15.9 Å². The summed E-state index contributed by atoms with van der Waals surface area (Å²) in [6, 6.07) is 11.1. The van der Waals surface area contributed by atoms with Gasteiger partial charge in [-0.3, -0.25) is 0 Å². The summed E-state index contributed by atoms with van der Waals surface area (Å²) in [5, 5.41) is 0. The van der Waals surface area contributed by atoms with Gasteiger partial charge in [0.2, 0.25) is 0 Å². The average Bonchev–Trinajstić information content (AvgIpc) is 2.26. The van der Waals surface area contributed by atoms with E-state index in [0.717, 1.165) is 16.1 Å². The van der Waals surface area contributed by atoms with Crippen molar-refractivity contribution in [3.05, 3.63) is 69.7 Å². The monoisotopic (exact) mass is 325 g/mol. The maximum atomic E-state index is 13.2. The lowest BCUT2D eigenvalue weighted by Gasteiger charge is -2.25. The van der Waals surface area contributed by atoms with Gasteiger partial charge < -0.3 is 5.73 Å². The molecule has 1 unspecified atom stereocenters. The Balaban J connectivity index is 2.30. The van der Waals surface area contributed by atoms with Crippen molar-refractivity contribution in [2.75, 3.05) is 0 Å². The van der Waals surface area contributed by atoms with E-state index in [1.165, 1.54) is 12.1 Å². The zero-order valence-corrected chi connectivity index (χ0v) is 12.0. The van der Waals surface area contributed by atoms with E-state index >= 15 is 0 Å². The summed E-state index contributed by atoms with van der Waals surface area (Å²) in [6.07, 6.45) is 0.359. The number of nitrogens with two attached hydrogens (primary N) is 1. The molecule has 0 saturated heterocycles. The van der Waals surface area contributed by atoms with Gasteiger partial charge in [0.1, 0.15) is 11.6 Å². The Morgan fingerprint density at radius 3 is 2.32 bits per heavy atom. The topological polar surface area (TPSA) is 26.0 Å². The second-order valence-electron chi connectivity index (χ2n) is 4.88. The molecule has 0 heterocycles. The van der Waals surface area contributed by atoms with Crippen LogP contribution in [-0.2, 0) is 12.0 Å². The van der Waals surface area contributed by atoms with Crippen LogP contribution in [0.2, 0.25) is 0 Å². The summed E-state index contributed by atoms with van der Waals surface area (Å²) in [5.74, 6) is -1.17. The van der Waals surface area contributed by atoms with Crippen LogP contribution in [0.15, 0.2) is 46.9 Å². The molecule has 2 aromatic carbocycles.